The number of hydrogen-bond acceptors (Lipinski definition) is 5. The predicted octanol–water partition coefficient (Wildman–Crippen LogP) is 3.77. The van der Waals surface area contributed by atoms with Crippen molar-refractivity contribution in [1.82, 2.24) is 13.7 Å². The number of halogens is 2. The number of benzene rings is 2. The first-order valence-corrected chi connectivity index (χ1v) is 12.4. The maximum Gasteiger partial charge on any atom is 0.331 e. The second-order valence-electron chi connectivity index (χ2n) is 9.36. The van der Waals surface area contributed by atoms with E-state index < -0.39 is 0 Å². The number of nitrogens with two attached hydrogens (primary N) is 1. The number of hydrogen-bond donors (Lipinski definition) is 1. The fourth-order valence-corrected chi connectivity index (χ4v) is 5.40. The minimum atomic E-state index is -0.376. The molecule has 4 aromatic rings. The van der Waals surface area contributed by atoms with Crippen LogP contribution in [-0.2, 0) is 20.6 Å². The topological polar surface area (TPSA) is 87.4 Å². The molecule has 1 atom stereocenters. The van der Waals surface area contributed by atoms with Crippen LogP contribution < -0.4 is 26.6 Å². The minimum absolute atomic E-state index is 0. The van der Waals surface area contributed by atoms with Crippen LogP contribution in [0.1, 0.15) is 18.4 Å². The molecule has 0 saturated carbocycles. The lowest BCUT2D eigenvalue weighted by molar-refractivity contribution is 0.415. The zero-order chi connectivity index (χ0) is 25.6. The Morgan fingerprint density at radius 3 is 2.38 bits per heavy atom. The van der Waals surface area contributed by atoms with Gasteiger partial charge in [0, 0.05) is 43.8 Å². The van der Waals surface area contributed by atoms with Crippen molar-refractivity contribution in [2.45, 2.75) is 25.4 Å². The molecule has 196 valence electrons. The molecule has 0 radical (unpaired) electrons. The summed E-state index contributed by atoms with van der Waals surface area (Å²) in [5.74, 6) is 1.59. The van der Waals surface area contributed by atoms with E-state index in [4.69, 9.17) is 22.1 Å². The molecule has 37 heavy (non-hydrogen) atoms. The van der Waals surface area contributed by atoms with E-state index in [2.05, 4.69) is 4.90 Å². The van der Waals surface area contributed by atoms with Gasteiger partial charge in [-0.1, -0.05) is 41.9 Å². The van der Waals surface area contributed by atoms with Crippen LogP contribution in [-0.4, -0.2) is 39.9 Å². The van der Waals surface area contributed by atoms with Crippen LogP contribution in [0.4, 0.5) is 5.82 Å². The van der Waals surface area contributed by atoms with E-state index in [-0.39, 0.29) is 29.7 Å². The average Bonchev–Trinajstić information content (AvgIpc) is 3.22. The lowest BCUT2D eigenvalue weighted by Crippen LogP contribution is -2.44. The van der Waals surface area contributed by atoms with Gasteiger partial charge in [-0.05, 0) is 42.2 Å². The highest BCUT2D eigenvalue weighted by atomic mass is 35.5. The fourth-order valence-electron chi connectivity index (χ4n) is 5.21. The molecule has 1 saturated heterocycles. The predicted molar refractivity (Wildman–Crippen MR) is 152 cm³/mol. The largest absolute Gasteiger partial charge is 0.497 e. The second kappa shape index (κ2) is 10.7. The summed E-state index contributed by atoms with van der Waals surface area (Å²) in [6, 6.07) is 15.3. The summed E-state index contributed by atoms with van der Waals surface area (Å²) < 4.78 is 10.1. The smallest absolute Gasteiger partial charge is 0.331 e. The minimum Gasteiger partial charge on any atom is -0.497 e. The molecule has 0 bridgehead atoms. The van der Waals surface area contributed by atoms with Crippen LogP contribution in [0.2, 0.25) is 5.02 Å². The van der Waals surface area contributed by atoms with Gasteiger partial charge in [-0.25, -0.2) is 4.79 Å². The molecule has 1 fully saturated rings. The van der Waals surface area contributed by atoms with E-state index in [1.54, 1.807) is 18.7 Å². The monoisotopic (exact) mass is 543 g/mol. The maximum atomic E-state index is 13.7. The Morgan fingerprint density at radius 2 is 1.73 bits per heavy atom. The van der Waals surface area contributed by atoms with Crippen molar-refractivity contribution in [3.05, 3.63) is 80.0 Å². The van der Waals surface area contributed by atoms with Gasteiger partial charge in [-0.3, -0.25) is 13.9 Å². The Kier molecular flexibility index (Phi) is 7.73. The highest BCUT2D eigenvalue weighted by Crippen LogP contribution is 2.41. The Hall–Kier alpha value is -3.20. The highest BCUT2D eigenvalue weighted by Gasteiger charge is 2.30. The number of ether oxygens (including phenoxy) is 1. The van der Waals surface area contributed by atoms with Crippen LogP contribution in [0.15, 0.2) is 58.1 Å². The summed E-state index contributed by atoms with van der Waals surface area (Å²) in [6.45, 7) is 1.82. The molecule has 8 nitrogen and oxygen atoms in total. The van der Waals surface area contributed by atoms with Crippen LogP contribution in [0.3, 0.4) is 0 Å². The van der Waals surface area contributed by atoms with Gasteiger partial charge < -0.3 is 19.9 Å². The Morgan fingerprint density at radius 1 is 1.03 bits per heavy atom. The van der Waals surface area contributed by atoms with Crippen molar-refractivity contribution in [3.8, 4) is 16.9 Å². The Balaban J connectivity index is 0.00000320. The van der Waals surface area contributed by atoms with Crippen molar-refractivity contribution >= 4 is 40.9 Å². The zero-order valence-corrected chi connectivity index (χ0v) is 22.7. The summed E-state index contributed by atoms with van der Waals surface area (Å²) >= 11 is 6.57. The van der Waals surface area contributed by atoms with E-state index in [0.717, 1.165) is 52.2 Å². The van der Waals surface area contributed by atoms with Crippen molar-refractivity contribution in [2.75, 3.05) is 25.1 Å². The number of aromatic nitrogens is 3. The van der Waals surface area contributed by atoms with E-state index in [1.807, 2.05) is 53.1 Å². The Bertz CT molecular complexity index is 1560. The molecular weight excluding hydrogens is 513 g/mol. The molecule has 3 heterocycles. The van der Waals surface area contributed by atoms with Crippen molar-refractivity contribution in [2.24, 2.45) is 19.8 Å². The Labute approximate surface area is 226 Å². The van der Waals surface area contributed by atoms with Gasteiger partial charge in [0.15, 0.2) is 0 Å². The number of anilines is 1. The summed E-state index contributed by atoms with van der Waals surface area (Å²) in [5, 5.41) is 0.619. The molecule has 0 unspecified atom stereocenters. The molecule has 1 aliphatic rings. The lowest BCUT2D eigenvalue weighted by Gasteiger charge is -2.34. The quantitative estimate of drug-likeness (QED) is 0.414. The van der Waals surface area contributed by atoms with Gasteiger partial charge in [-0.15, -0.1) is 12.4 Å². The van der Waals surface area contributed by atoms with Gasteiger partial charge >= 0.3 is 5.69 Å². The third-order valence-electron chi connectivity index (χ3n) is 7.05. The first kappa shape index (κ1) is 26.9. The van der Waals surface area contributed by atoms with Crippen LogP contribution in [0.5, 0.6) is 5.75 Å². The van der Waals surface area contributed by atoms with Crippen LogP contribution in [0, 0.1) is 0 Å². The number of piperidine rings is 1. The zero-order valence-electron chi connectivity index (χ0n) is 21.1. The molecule has 10 heteroatoms. The number of methoxy groups -OCH3 is 1. The van der Waals surface area contributed by atoms with Gasteiger partial charge in [-0.2, -0.15) is 0 Å². The molecule has 5 rings (SSSR count). The molecule has 2 N–H and O–H groups in total. The molecule has 0 amide bonds. The van der Waals surface area contributed by atoms with Gasteiger partial charge in [0.05, 0.1) is 19.2 Å². The normalized spacial score (nSPS) is 15.6. The van der Waals surface area contributed by atoms with E-state index >= 15 is 0 Å². The first-order valence-electron chi connectivity index (χ1n) is 12.0. The SMILES string of the molecule is COc1ccc(-c2c(N3CCC[C@@H](N)C3)n(Cc3ccccc3Cl)c3c(=O)n(C)c(=O)n(C)c23)cc1.Cl. The summed E-state index contributed by atoms with van der Waals surface area (Å²) in [5.41, 5.74) is 9.33. The number of nitrogens with zero attached hydrogens (tertiary/aromatic N) is 4. The molecule has 0 aliphatic carbocycles. The summed E-state index contributed by atoms with van der Waals surface area (Å²) in [4.78, 5) is 29.0. The number of rotatable bonds is 5. The molecule has 2 aromatic heterocycles. The van der Waals surface area contributed by atoms with Gasteiger partial charge in [0.1, 0.15) is 17.1 Å². The van der Waals surface area contributed by atoms with E-state index in [0.29, 0.717) is 29.1 Å². The number of fused-ring (bicyclic) bond motifs is 1. The van der Waals surface area contributed by atoms with E-state index in [1.165, 1.54) is 7.05 Å². The highest BCUT2D eigenvalue weighted by molar-refractivity contribution is 6.31. The molecule has 0 spiro atoms. The molecule has 1 aliphatic heterocycles. The fraction of sp³-hybridized carbons (Fsp3) is 0.333. The third kappa shape index (κ3) is 4.65. The van der Waals surface area contributed by atoms with Crippen molar-refractivity contribution in [1.29, 1.82) is 0 Å². The first-order chi connectivity index (χ1) is 17.3. The lowest BCUT2D eigenvalue weighted by atomic mass is 10.0. The van der Waals surface area contributed by atoms with Gasteiger partial charge in [0.2, 0.25) is 0 Å². The summed E-state index contributed by atoms with van der Waals surface area (Å²) in [6.07, 6.45) is 1.88. The number of aryl methyl sites for hydroxylation is 1. The standard InChI is InChI=1S/C27H30ClN5O3.ClH/c1-30-23-22(17-10-12-20(36-3)13-11-17)25(32-14-6-8-19(29)16-32)33(15-18-7-4-5-9-21(18)28)24(23)26(34)31(2)27(30)35;/h4-5,7,9-13,19H,6,8,14-16,29H2,1-3H3;1H/t19-;/m1./s1. The average molecular weight is 544 g/mol. The van der Waals surface area contributed by atoms with Crippen LogP contribution in [0.25, 0.3) is 22.2 Å². The van der Waals surface area contributed by atoms with E-state index in [9.17, 15) is 9.59 Å². The molecular formula is C27H31Cl2N5O3. The molecule has 2 aromatic carbocycles. The summed E-state index contributed by atoms with van der Waals surface area (Å²) in [7, 11) is 4.85. The van der Waals surface area contributed by atoms with Crippen molar-refractivity contribution < 1.29 is 4.74 Å². The van der Waals surface area contributed by atoms with Gasteiger partial charge in [0.25, 0.3) is 5.56 Å². The third-order valence-corrected chi connectivity index (χ3v) is 7.42. The van der Waals surface area contributed by atoms with Crippen molar-refractivity contribution in [3.63, 3.8) is 0 Å². The maximum absolute atomic E-state index is 13.7. The van der Waals surface area contributed by atoms with Crippen LogP contribution >= 0.6 is 24.0 Å². The second-order valence-corrected chi connectivity index (χ2v) is 9.76.